The molecule has 1 fully saturated rings. The molecular formula is C101H92F19N13O12. The fourth-order valence-electron chi connectivity index (χ4n) is 16.6. The first kappa shape index (κ1) is 108. The molecule has 44 heteroatoms. The lowest BCUT2D eigenvalue weighted by Crippen LogP contribution is -2.43. The summed E-state index contributed by atoms with van der Waals surface area (Å²) in [5.74, 6) is -16.7. The molecule has 7 aromatic carbocycles. The standard InChI is InChI=1S/C34H33F6N5O4.C34H29F5N4O4.C33H30F8N4O4/c1-5-27(34(38,39)40)42-20-14-23(36)29(24(37)15-20)31(46)43-25(33(48)49-4)12-18-7-8-21(30-22(18)13-19(35)16-41-30)28-26(45-9-6-10-45)11-17(2)44(3)32(28)47;1-4-28(34(37,38)39)41-20-16-24(35)29(25(36)17-20)31(44)42-26(33(46)47-3)15-18-11-12-22(30-21(18)9-7-13-40-30)23-14-19-8-5-6-10-27(19)43(2)32(23)45;1-6-25(33(39,40)41)43-18-13-22(34)27(23(35)14-18)29(46)44-24(31(48)49-5)12-17-8-10-20(28-19(17)9-7-15(2)42-28)26-21(32(36,37)38)11-16(3)45(4)30(26)47/h7-8,11,13-16,25,27,42H,5-6,9-10,12H2,1-4H3,(H,43,46);5-14,16-17,26,28,41H,4,15H2,1-3H3,(H,42,44);7-11,13-14,24-25,43H,6,12H2,1-5H3,(H,44,46)/t25-,27+;26-,28+;24-,25+/m000/s1. The van der Waals surface area contributed by atoms with Crippen molar-refractivity contribution < 1.29 is 126 Å². The monoisotopic (exact) mass is 2040 g/mol. The third-order valence-electron chi connectivity index (χ3n) is 24.5. The number of carbonyl (C=O) groups is 6. The molecule has 6 N–H and O–H groups in total. The van der Waals surface area contributed by atoms with Gasteiger partial charge in [-0.25, -0.2) is 45.1 Å². The summed E-state index contributed by atoms with van der Waals surface area (Å²) in [5, 5.41) is 14.5. The van der Waals surface area contributed by atoms with Crippen molar-refractivity contribution in [2.75, 3.05) is 55.3 Å². The lowest BCUT2D eigenvalue weighted by atomic mass is 9.93. The van der Waals surface area contributed by atoms with Crippen molar-refractivity contribution in [3.05, 3.63) is 286 Å². The minimum absolute atomic E-state index is 0.0247. The Morgan fingerprint density at radius 3 is 1.21 bits per heavy atom. The van der Waals surface area contributed by atoms with E-state index in [1.807, 2.05) is 53.2 Å². The van der Waals surface area contributed by atoms with Gasteiger partial charge < -0.3 is 64.7 Å². The summed E-state index contributed by atoms with van der Waals surface area (Å²) in [5.41, 5.74) is -2.52. The number of para-hydroxylation sites is 1. The zero-order chi connectivity index (χ0) is 106. The van der Waals surface area contributed by atoms with E-state index in [1.165, 1.54) is 74.2 Å². The Bertz CT molecular complexity index is 7340. The second-order valence-corrected chi connectivity index (χ2v) is 33.9. The van der Waals surface area contributed by atoms with Crippen molar-refractivity contribution >= 4 is 102 Å². The number of fused-ring (bicyclic) bond motifs is 4. The number of hydrogen-bond donors (Lipinski definition) is 6. The molecule has 6 atom stereocenters. The molecule has 0 radical (unpaired) electrons. The second kappa shape index (κ2) is 44.2. The first-order valence-corrected chi connectivity index (χ1v) is 44.5. The van der Waals surface area contributed by atoms with Crippen LogP contribution < -0.4 is 53.5 Å². The number of methoxy groups -OCH3 is 3. The highest BCUT2D eigenvalue weighted by molar-refractivity contribution is 6.04. The van der Waals surface area contributed by atoms with Gasteiger partial charge in [0.1, 0.15) is 93.7 Å². The van der Waals surface area contributed by atoms with Gasteiger partial charge in [-0.05, 0) is 147 Å². The minimum atomic E-state index is -4.91. The quantitative estimate of drug-likeness (QED) is 0.0151. The molecule has 7 heterocycles. The van der Waals surface area contributed by atoms with E-state index in [2.05, 4.69) is 35.8 Å². The number of nitrogens with zero attached hydrogens (tertiary/aromatic N) is 7. The first-order chi connectivity index (χ1) is 68.2. The molecule has 13 aromatic rings. The number of rotatable bonds is 28. The highest BCUT2D eigenvalue weighted by atomic mass is 19.4. The van der Waals surface area contributed by atoms with Gasteiger partial charge in [0.25, 0.3) is 34.4 Å². The van der Waals surface area contributed by atoms with Crippen molar-refractivity contribution in [2.45, 2.75) is 147 Å². The van der Waals surface area contributed by atoms with Crippen LogP contribution in [0, 0.1) is 61.5 Å². The fourth-order valence-corrected chi connectivity index (χ4v) is 16.6. The van der Waals surface area contributed by atoms with E-state index in [-0.39, 0.29) is 68.2 Å². The van der Waals surface area contributed by atoms with Crippen molar-refractivity contribution in [1.29, 1.82) is 0 Å². The van der Waals surface area contributed by atoms with Gasteiger partial charge in [-0.1, -0.05) is 87.5 Å². The third-order valence-corrected chi connectivity index (χ3v) is 24.5. The van der Waals surface area contributed by atoms with Crippen molar-refractivity contribution in [2.24, 2.45) is 21.1 Å². The summed E-state index contributed by atoms with van der Waals surface area (Å²) < 4.78 is 284. The van der Waals surface area contributed by atoms with Gasteiger partial charge in [0.2, 0.25) is 0 Å². The molecule has 1 aliphatic heterocycles. The molecular weight excluding hydrogens is 1950 g/mol. The highest BCUT2D eigenvalue weighted by Crippen LogP contribution is 2.43. The third kappa shape index (κ3) is 23.9. The van der Waals surface area contributed by atoms with E-state index < -0.39 is 213 Å². The molecule has 3 amide bonds. The maximum Gasteiger partial charge on any atom is 0.417 e. The van der Waals surface area contributed by atoms with Gasteiger partial charge in [-0.15, -0.1) is 0 Å². The Morgan fingerprint density at radius 1 is 0.414 bits per heavy atom. The van der Waals surface area contributed by atoms with Gasteiger partial charge >= 0.3 is 42.6 Å². The SMILES string of the molecule is CC[C@@H](Nc1cc(F)c(C(=O)N[C@@H](Cc2ccc(-c3c(C(F)(F)F)cc(C)n(C)c3=O)c3nc(C)ccc23)C(=O)OC)c(F)c1)C(F)(F)F.CC[C@@H](Nc1cc(F)c(C(=O)N[C@@H](Cc2ccc(-c3c(N4CCC4)cc(C)n(C)c3=O)c3ncc(F)cc23)C(=O)OC)c(F)c1)C(F)(F)F.CC[C@@H](Nc1cc(F)c(C(=O)N[C@@H](Cc2ccc(-c3cc4ccccc4n(C)c3=O)c3ncccc23)C(=O)OC)c(F)c1)C(F)(F)F. The average molecular weight is 2040 g/mol. The molecule has 6 aromatic heterocycles. The van der Waals surface area contributed by atoms with Crippen LogP contribution in [0.1, 0.15) is 117 Å². The summed E-state index contributed by atoms with van der Waals surface area (Å²) in [7, 11) is 7.70. The molecule has 1 saturated heterocycles. The van der Waals surface area contributed by atoms with Crippen LogP contribution in [0.15, 0.2) is 172 Å². The predicted octanol–water partition coefficient (Wildman–Crippen LogP) is 18.9. The van der Waals surface area contributed by atoms with Gasteiger partial charge in [0.15, 0.2) is 0 Å². The number of carbonyl (C=O) groups excluding carboxylic acids is 6. The van der Waals surface area contributed by atoms with Crippen LogP contribution in [-0.4, -0.2) is 153 Å². The number of amides is 3. The van der Waals surface area contributed by atoms with Crippen molar-refractivity contribution in [1.82, 2.24) is 44.6 Å². The van der Waals surface area contributed by atoms with Crippen LogP contribution in [0.2, 0.25) is 0 Å². The normalized spacial score (nSPS) is 13.5. The lowest BCUT2D eigenvalue weighted by Gasteiger charge is -2.35. The number of nitrogens with one attached hydrogen (secondary N) is 6. The summed E-state index contributed by atoms with van der Waals surface area (Å²) in [6.07, 6.45) is -17.8. The number of alkyl halides is 12. The number of pyridine rings is 6. The summed E-state index contributed by atoms with van der Waals surface area (Å²) in [4.78, 5) is 133. The molecule has 0 aliphatic carbocycles. The molecule has 1 aliphatic rings. The molecule has 0 unspecified atom stereocenters. The topological polar surface area (TPSA) is 310 Å². The number of anilines is 4. The minimum Gasteiger partial charge on any atom is -0.467 e. The summed E-state index contributed by atoms with van der Waals surface area (Å²) in [6, 6.07) is 20.9. The van der Waals surface area contributed by atoms with Crippen LogP contribution in [0.25, 0.3) is 77.0 Å². The molecule has 145 heavy (non-hydrogen) atoms. The van der Waals surface area contributed by atoms with Crippen LogP contribution in [0.4, 0.5) is 106 Å². The Hall–Kier alpha value is -15.4. The van der Waals surface area contributed by atoms with E-state index in [9.17, 15) is 118 Å². The summed E-state index contributed by atoms with van der Waals surface area (Å²) in [6.45, 7) is 9.92. The summed E-state index contributed by atoms with van der Waals surface area (Å²) >= 11 is 0. The fraction of sp³-hybridized carbons (Fsp3) is 0.307. The van der Waals surface area contributed by atoms with Crippen molar-refractivity contribution in [3.8, 4) is 33.4 Å². The number of esters is 3. The molecule has 25 nitrogen and oxygen atoms in total. The van der Waals surface area contributed by atoms with Crippen LogP contribution >= 0.6 is 0 Å². The number of aromatic nitrogens is 6. The van der Waals surface area contributed by atoms with Crippen LogP contribution in [-0.2, 0) is 75.2 Å². The molecule has 0 spiro atoms. The predicted molar refractivity (Wildman–Crippen MR) is 502 cm³/mol. The van der Waals surface area contributed by atoms with E-state index in [0.717, 1.165) is 80.3 Å². The largest absolute Gasteiger partial charge is 0.467 e. The number of ether oxygens (including phenoxy) is 3. The van der Waals surface area contributed by atoms with Gasteiger partial charge in [0, 0.05) is 132 Å². The molecule has 0 bridgehead atoms. The lowest BCUT2D eigenvalue weighted by molar-refractivity contribution is -0.143. The average Bonchev–Trinajstić information content (AvgIpc) is 0.755. The molecule has 14 rings (SSSR count). The number of halogens is 19. The van der Waals surface area contributed by atoms with Gasteiger partial charge in [-0.3, -0.25) is 43.7 Å². The van der Waals surface area contributed by atoms with Crippen molar-refractivity contribution in [3.63, 3.8) is 0 Å². The Kier molecular flexibility index (Phi) is 33.0. The van der Waals surface area contributed by atoms with E-state index in [0.29, 0.717) is 86.5 Å². The highest BCUT2D eigenvalue weighted by Gasteiger charge is 2.44. The van der Waals surface area contributed by atoms with E-state index in [1.54, 1.807) is 63.6 Å². The Labute approximate surface area is 812 Å². The smallest absolute Gasteiger partial charge is 0.417 e. The zero-order valence-electron chi connectivity index (χ0n) is 79.0. The second-order valence-electron chi connectivity index (χ2n) is 33.9. The van der Waals surface area contributed by atoms with Gasteiger partial charge in [0.05, 0.1) is 72.0 Å². The van der Waals surface area contributed by atoms with Crippen LogP contribution in [0.5, 0.6) is 0 Å². The van der Waals surface area contributed by atoms with Gasteiger partial charge in [-0.2, -0.15) is 52.7 Å². The maximum absolute atomic E-state index is 15.0. The number of benzene rings is 7. The molecule has 766 valence electrons. The number of aryl methyl sites for hydroxylation is 4. The first-order valence-electron chi connectivity index (χ1n) is 44.5. The van der Waals surface area contributed by atoms with Crippen LogP contribution in [0.3, 0.4) is 0 Å². The zero-order valence-corrected chi connectivity index (χ0v) is 79.0. The van der Waals surface area contributed by atoms with E-state index in [4.69, 9.17) is 14.2 Å². The molecule has 0 saturated carbocycles. The Morgan fingerprint density at radius 2 is 0.807 bits per heavy atom. The number of hydrogen-bond acceptors (Lipinski definition) is 19. The Balaban J connectivity index is 0.000000194. The van der Waals surface area contributed by atoms with E-state index >= 15 is 8.78 Å². The maximum atomic E-state index is 15.0.